The van der Waals surface area contributed by atoms with Gasteiger partial charge >= 0.3 is 0 Å². The molecule has 1 aromatic heterocycles. The molecule has 0 spiro atoms. The fourth-order valence-corrected chi connectivity index (χ4v) is 5.94. The number of nitrogens with one attached hydrogen (secondary N) is 2. The van der Waals surface area contributed by atoms with Gasteiger partial charge in [0.1, 0.15) is 0 Å². The Morgan fingerprint density at radius 1 is 1.06 bits per heavy atom. The third-order valence-electron chi connectivity index (χ3n) is 3.73. The SMILES string of the molecule is O=C(Nc1nnc(S(=O)(=O)NCCSCc2cccc(Cl)c2)s1)c1ccc(Cl)cc1Cl. The molecule has 1 heterocycles. The molecular weight excluding hydrogens is 523 g/mol. The molecule has 0 radical (unpaired) electrons. The van der Waals surface area contributed by atoms with Crippen LogP contribution in [0.5, 0.6) is 0 Å². The van der Waals surface area contributed by atoms with Crippen LogP contribution in [0.1, 0.15) is 15.9 Å². The van der Waals surface area contributed by atoms with Gasteiger partial charge in [-0.05, 0) is 35.9 Å². The molecular formula is C18H15Cl3N4O3S3. The lowest BCUT2D eigenvalue weighted by Gasteiger charge is -2.05. The lowest BCUT2D eigenvalue weighted by Crippen LogP contribution is -2.26. The van der Waals surface area contributed by atoms with Crippen molar-refractivity contribution in [1.82, 2.24) is 14.9 Å². The zero-order valence-corrected chi connectivity index (χ0v) is 20.4. The van der Waals surface area contributed by atoms with Gasteiger partial charge in [0.2, 0.25) is 9.47 Å². The van der Waals surface area contributed by atoms with Gasteiger partial charge in [-0.15, -0.1) is 10.2 Å². The Kier molecular flexibility index (Phi) is 8.57. The fraction of sp³-hybridized carbons (Fsp3) is 0.167. The first-order valence-electron chi connectivity index (χ1n) is 8.66. The van der Waals surface area contributed by atoms with Gasteiger partial charge in [-0.25, -0.2) is 13.1 Å². The second-order valence-corrected chi connectivity index (χ2v) is 11.3. The largest absolute Gasteiger partial charge is 0.296 e. The molecule has 3 rings (SSSR count). The topological polar surface area (TPSA) is 101 Å². The van der Waals surface area contributed by atoms with Gasteiger partial charge < -0.3 is 0 Å². The van der Waals surface area contributed by atoms with Crippen LogP contribution in [0.25, 0.3) is 0 Å². The van der Waals surface area contributed by atoms with Crippen molar-refractivity contribution in [2.24, 2.45) is 0 Å². The number of anilines is 1. The molecule has 0 fully saturated rings. The summed E-state index contributed by atoms with van der Waals surface area (Å²) in [4.78, 5) is 12.3. The van der Waals surface area contributed by atoms with Gasteiger partial charge in [-0.1, -0.05) is 58.3 Å². The maximum absolute atomic E-state index is 12.4. The second-order valence-electron chi connectivity index (χ2n) is 6.03. The Bertz CT molecular complexity index is 1190. The lowest BCUT2D eigenvalue weighted by molar-refractivity contribution is 0.102. The highest BCUT2D eigenvalue weighted by atomic mass is 35.5. The van der Waals surface area contributed by atoms with E-state index in [1.54, 1.807) is 17.8 Å². The molecule has 0 saturated carbocycles. The number of sulfonamides is 1. The lowest BCUT2D eigenvalue weighted by atomic mass is 10.2. The predicted molar refractivity (Wildman–Crippen MR) is 127 cm³/mol. The highest BCUT2D eigenvalue weighted by molar-refractivity contribution is 7.98. The van der Waals surface area contributed by atoms with E-state index in [-0.39, 0.29) is 26.6 Å². The molecule has 2 N–H and O–H groups in total. The van der Waals surface area contributed by atoms with Crippen LogP contribution in [0.4, 0.5) is 5.13 Å². The van der Waals surface area contributed by atoms with E-state index in [0.717, 1.165) is 16.9 Å². The van der Waals surface area contributed by atoms with Crippen LogP contribution in [-0.4, -0.2) is 36.8 Å². The molecule has 7 nitrogen and oxygen atoms in total. The van der Waals surface area contributed by atoms with Crippen molar-refractivity contribution in [1.29, 1.82) is 0 Å². The summed E-state index contributed by atoms with van der Waals surface area (Å²) in [6, 6.07) is 11.9. The van der Waals surface area contributed by atoms with Crippen molar-refractivity contribution in [3.63, 3.8) is 0 Å². The minimum Gasteiger partial charge on any atom is -0.296 e. The van der Waals surface area contributed by atoms with Crippen LogP contribution in [-0.2, 0) is 15.8 Å². The van der Waals surface area contributed by atoms with E-state index in [0.29, 0.717) is 21.6 Å². The molecule has 2 aromatic carbocycles. The summed E-state index contributed by atoms with van der Waals surface area (Å²) < 4.78 is 27.0. The number of carbonyl (C=O) groups is 1. The number of carbonyl (C=O) groups excluding carboxylic acids is 1. The van der Waals surface area contributed by atoms with Crippen molar-refractivity contribution < 1.29 is 13.2 Å². The van der Waals surface area contributed by atoms with Crippen LogP contribution in [0.3, 0.4) is 0 Å². The van der Waals surface area contributed by atoms with E-state index in [2.05, 4.69) is 20.2 Å². The number of hydrogen-bond donors (Lipinski definition) is 2. The van der Waals surface area contributed by atoms with E-state index >= 15 is 0 Å². The first kappa shape index (κ1) is 24.2. The standard InChI is InChI=1S/C18H15Cl3N4O3S3/c19-12-3-1-2-11(8-12)10-29-7-6-22-31(27,28)18-25-24-17(30-18)23-16(26)14-5-4-13(20)9-15(14)21/h1-5,8-9,22H,6-7,10H2,(H,23,24,26). The number of benzene rings is 2. The number of thioether (sulfide) groups is 1. The van der Waals surface area contributed by atoms with Gasteiger partial charge in [0.15, 0.2) is 0 Å². The maximum Gasteiger partial charge on any atom is 0.269 e. The van der Waals surface area contributed by atoms with Gasteiger partial charge in [0.25, 0.3) is 15.9 Å². The van der Waals surface area contributed by atoms with Crippen LogP contribution >= 0.6 is 57.9 Å². The summed E-state index contributed by atoms with van der Waals surface area (Å²) in [6.07, 6.45) is 0. The van der Waals surface area contributed by atoms with E-state index in [1.807, 2.05) is 18.2 Å². The monoisotopic (exact) mass is 536 g/mol. The molecule has 13 heteroatoms. The molecule has 0 aliphatic carbocycles. The molecule has 164 valence electrons. The smallest absolute Gasteiger partial charge is 0.269 e. The average Bonchev–Trinajstić information content (AvgIpc) is 3.17. The maximum atomic E-state index is 12.4. The Labute approximate surface area is 202 Å². The molecule has 0 aliphatic rings. The zero-order chi connectivity index (χ0) is 22.4. The normalized spacial score (nSPS) is 11.5. The summed E-state index contributed by atoms with van der Waals surface area (Å²) >= 11 is 20.1. The van der Waals surface area contributed by atoms with Gasteiger partial charge in [-0.3, -0.25) is 10.1 Å². The van der Waals surface area contributed by atoms with E-state index < -0.39 is 15.9 Å². The van der Waals surface area contributed by atoms with Crippen molar-refractivity contribution >= 4 is 79.0 Å². The molecule has 1 amide bonds. The highest BCUT2D eigenvalue weighted by Crippen LogP contribution is 2.24. The van der Waals surface area contributed by atoms with E-state index in [1.165, 1.54) is 18.2 Å². The zero-order valence-electron chi connectivity index (χ0n) is 15.6. The number of amides is 1. The second kappa shape index (κ2) is 11.0. The minimum absolute atomic E-state index is 0.0340. The first-order valence-corrected chi connectivity index (χ1v) is 13.3. The number of hydrogen-bond acceptors (Lipinski definition) is 7. The summed E-state index contributed by atoms with van der Waals surface area (Å²) in [7, 11) is -3.84. The molecule has 0 saturated heterocycles. The van der Waals surface area contributed by atoms with Crippen LogP contribution in [0.2, 0.25) is 15.1 Å². The molecule has 3 aromatic rings. The van der Waals surface area contributed by atoms with Crippen molar-refractivity contribution in [2.45, 2.75) is 10.1 Å². The van der Waals surface area contributed by atoms with Crippen LogP contribution in [0.15, 0.2) is 46.8 Å². The summed E-state index contributed by atoms with van der Waals surface area (Å²) in [5, 5.41) is 11.1. The van der Waals surface area contributed by atoms with Gasteiger partial charge in [0.05, 0.1) is 10.6 Å². The molecule has 0 unspecified atom stereocenters. The minimum atomic E-state index is -3.84. The molecule has 0 atom stereocenters. The highest BCUT2D eigenvalue weighted by Gasteiger charge is 2.21. The number of rotatable bonds is 9. The van der Waals surface area contributed by atoms with Gasteiger partial charge in [-0.2, -0.15) is 11.8 Å². The van der Waals surface area contributed by atoms with E-state index in [4.69, 9.17) is 34.8 Å². The number of nitrogens with zero attached hydrogens (tertiary/aromatic N) is 2. The third kappa shape index (κ3) is 7.04. The molecule has 31 heavy (non-hydrogen) atoms. The Morgan fingerprint density at radius 2 is 1.84 bits per heavy atom. The Balaban J connectivity index is 1.51. The van der Waals surface area contributed by atoms with Gasteiger partial charge in [0, 0.05) is 28.1 Å². The van der Waals surface area contributed by atoms with Crippen LogP contribution < -0.4 is 10.0 Å². The summed E-state index contributed by atoms with van der Waals surface area (Å²) in [5.74, 6) is 0.723. The fourth-order valence-electron chi connectivity index (χ4n) is 2.33. The number of aromatic nitrogens is 2. The van der Waals surface area contributed by atoms with E-state index in [9.17, 15) is 13.2 Å². The average molecular weight is 538 g/mol. The summed E-state index contributed by atoms with van der Waals surface area (Å²) in [5.41, 5.74) is 1.24. The van der Waals surface area contributed by atoms with Crippen molar-refractivity contribution in [2.75, 3.05) is 17.6 Å². The quantitative estimate of drug-likeness (QED) is 0.295. The predicted octanol–water partition coefficient (Wildman–Crippen LogP) is 4.96. The van der Waals surface area contributed by atoms with Crippen LogP contribution in [0, 0.1) is 0 Å². The number of halogens is 3. The molecule has 0 bridgehead atoms. The third-order valence-corrected chi connectivity index (χ3v) is 8.21. The first-order chi connectivity index (χ1) is 14.7. The Morgan fingerprint density at radius 3 is 2.58 bits per heavy atom. The summed E-state index contributed by atoms with van der Waals surface area (Å²) in [6.45, 7) is 0.217. The van der Waals surface area contributed by atoms with Crippen molar-refractivity contribution in [3.05, 3.63) is 68.7 Å². The molecule has 0 aliphatic heterocycles. The Hall–Kier alpha value is -1.40. The van der Waals surface area contributed by atoms with Crippen molar-refractivity contribution in [3.8, 4) is 0 Å².